The minimum Gasteiger partial charge on any atom is -0.497 e. The molecule has 22 heavy (non-hydrogen) atoms. The van der Waals surface area contributed by atoms with Crippen molar-refractivity contribution in [2.24, 2.45) is 0 Å². The number of carbonyl (C=O) groups is 1. The zero-order chi connectivity index (χ0) is 15.5. The van der Waals surface area contributed by atoms with Crippen LogP contribution in [0.15, 0.2) is 52.3 Å². The summed E-state index contributed by atoms with van der Waals surface area (Å²) in [6.07, 6.45) is 0. The Bertz CT molecular complexity index is 771. The standard InChI is InChI=1S/C16H12N2O2S2/c1-20-11-6-7-15-13(8-11)18(16(19)9-21-10-17)12-4-2-3-5-14(12)22-15/h2-8H,9H2,1H3. The van der Waals surface area contributed by atoms with E-state index in [4.69, 9.17) is 10.00 Å². The molecule has 0 spiro atoms. The Hall–Kier alpha value is -2.10. The van der Waals surface area contributed by atoms with Gasteiger partial charge in [-0.15, -0.1) is 0 Å². The molecule has 3 rings (SSSR count). The highest BCUT2D eigenvalue weighted by Gasteiger charge is 2.28. The van der Waals surface area contributed by atoms with Gasteiger partial charge in [-0.25, -0.2) is 0 Å². The van der Waals surface area contributed by atoms with E-state index in [-0.39, 0.29) is 11.7 Å². The number of anilines is 2. The van der Waals surface area contributed by atoms with Gasteiger partial charge >= 0.3 is 0 Å². The third-order valence-electron chi connectivity index (χ3n) is 3.24. The average molecular weight is 328 g/mol. The predicted octanol–water partition coefficient (Wildman–Crippen LogP) is 4.04. The second-order valence-electron chi connectivity index (χ2n) is 4.51. The van der Waals surface area contributed by atoms with Crippen LogP contribution in [0.1, 0.15) is 0 Å². The molecule has 0 saturated heterocycles. The van der Waals surface area contributed by atoms with Crippen molar-refractivity contribution in [2.75, 3.05) is 17.8 Å². The molecule has 1 aliphatic heterocycles. The first kappa shape index (κ1) is 14.8. The highest BCUT2D eigenvalue weighted by atomic mass is 32.2. The summed E-state index contributed by atoms with van der Waals surface area (Å²) in [5.41, 5.74) is 1.64. The molecule has 110 valence electrons. The molecule has 4 nitrogen and oxygen atoms in total. The number of nitrogens with zero attached hydrogens (tertiary/aromatic N) is 2. The number of thiocyanates is 1. The first-order valence-corrected chi connectivity index (χ1v) is 8.33. The van der Waals surface area contributed by atoms with E-state index < -0.39 is 0 Å². The minimum absolute atomic E-state index is 0.117. The van der Waals surface area contributed by atoms with Crippen LogP contribution in [-0.4, -0.2) is 18.8 Å². The lowest BCUT2D eigenvalue weighted by molar-refractivity contribution is -0.115. The topological polar surface area (TPSA) is 53.3 Å². The lowest BCUT2D eigenvalue weighted by atomic mass is 10.2. The molecule has 0 saturated carbocycles. The van der Waals surface area contributed by atoms with E-state index in [1.54, 1.807) is 23.8 Å². The van der Waals surface area contributed by atoms with Crippen molar-refractivity contribution in [3.05, 3.63) is 42.5 Å². The lowest BCUT2D eigenvalue weighted by Crippen LogP contribution is -2.29. The fourth-order valence-corrected chi connectivity index (χ4v) is 3.64. The number of nitriles is 1. The molecule has 0 bridgehead atoms. The van der Waals surface area contributed by atoms with Crippen LogP contribution in [0.4, 0.5) is 11.4 Å². The van der Waals surface area contributed by atoms with Gasteiger partial charge in [0.05, 0.1) is 24.2 Å². The highest BCUT2D eigenvalue weighted by Crippen LogP contribution is 2.49. The summed E-state index contributed by atoms with van der Waals surface area (Å²) in [4.78, 5) is 16.3. The van der Waals surface area contributed by atoms with E-state index >= 15 is 0 Å². The number of amides is 1. The smallest absolute Gasteiger partial charge is 0.242 e. The van der Waals surface area contributed by atoms with E-state index in [0.717, 1.165) is 32.9 Å². The summed E-state index contributed by atoms with van der Waals surface area (Å²) < 4.78 is 5.27. The van der Waals surface area contributed by atoms with Crippen molar-refractivity contribution in [3.8, 4) is 11.2 Å². The van der Waals surface area contributed by atoms with Crippen molar-refractivity contribution in [1.29, 1.82) is 5.26 Å². The number of thioether (sulfide) groups is 1. The summed E-state index contributed by atoms with van der Waals surface area (Å²) in [6, 6.07) is 13.5. The van der Waals surface area contributed by atoms with Gasteiger partial charge in [-0.3, -0.25) is 9.69 Å². The summed E-state index contributed by atoms with van der Waals surface area (Å²) in [5, 5.41) is 10.7. The summed E-state index contributed by atoms with van der Waals surface area (Å²) in [7, 11) is 1.60. The van der Waals surface area contributed by atoms with Crippen molar-refractivity contribution >= 4 is 40.8 Å². The average Bonchev–Trinajstić information content (AvgIpc) is 2.57. The maximum Gasteiger partial charge on any atom is 0.242 e. The minimum atomic E-state index is -0.117. The molecule has 0 atom stereocenters. The van der Waals surface area contributed by atoms with Gasteiger partial charge in [0.1, 0.15) is 11.2 Å². The van der Waals surface area contributed by atoms with Gasteiger partial charge in [0.25, 0.3) is 0 Å². The number of ether oxygens (including phenoxy) is 1. The molecule has 0 aliphatic carbocycles. The number of hydrogen-bond acceptors (Lipinski definition) is 5. The lowest BCUT2D eigenvalue weighted by Gasteiger charge is -2.31. The maximum absolute atomic E-state index is 12.6. The van der Waals surface area contributed by atoms with Crippen LogP contribution in [0.5, 0.6) is 5.75 Å². The van der Waals surface area contributed by atoms with Crippen molar-refractivity contribution in [1.82, 2.24) is 0 Å². The Morgan fingerprint density at radius 2 is 2.05 bits per heavy atom. The predicted molar refractivity (Wildman–Crippen MR) is 88.8 cm³/mol. The van der Waals surface area contributed by atoms with E-state index in [1.807, 2.05) is 47.9 Å². The number of benzene rings is 2. The number of carbonyl (C=O) groups excluding carboxylic acids is 1. The number of rotatable bonds is 3. The van der Waals surface area contributed by atoms with E-state index in [1.165, 1.54) is 0 Å². The van der Waals surface area contributed by atoms with E-state index in [0.29, 0.717) is 5.75 Å². The van der Waals surface area contributed by atoms with Crippen molar-refractivity contribution in [2.45, 2.75) is 9.79 Å². The molecule has 1 aliphatic rings. The summed E-state index contributed by atoms with van der Waals surface area (Å²) >= 11 is 2.57. The van der Waals surface area contributed by atoms with Crippen molar-refractivity contribution < 1.29 is 9.53 Å². The SMILES string of the molecule is COc1ccc2c(c1)N(C(=O)CSC#N)c1ccccc1S2. The van der Waals surface area contributed by atoms with Crippen molar-refractivity contribution in [3.63, 3.8) is 0 Å². The second-order valence-corrected chi connectivity index (χ2v) is 6.36. The third kappa shape index (κ3) is 2.65. The van der Waals surface area contributed by atoms with Gasteiger partial charge in [0.2, 0.25) is 5.91 Å². The Labute approximate surface area is 137 Å². The van der Waals surface area contributed by atoms with Gasteiger partial charge in [-0.05, 0) is 36.0 Å². The van der Waals surface area contributed by atoms with E-state index in [9.17, 15) is 4.79 Å². The Balaban J connectivity index is 2.10. The zero-order valence-electron chi connectivity index (χ0n) is 11.8. The molecular weight excluding hydrogens is 316 g/mol. The molecule has 1 heterocycles. The summed E-state index contributed by atoms with van der Waals surface area (Å²) in [6.45, 7) is 0. The number of fused-ring (bicyclic) bond motifs is 2. The molecule has 0 N–H and O–H groups in total. The molecule has 6 heteroatoms. The fraction of sp³-hybridized carbons (Fsp3) is 0.125. The van der Waals surface area contributed by atoms with Gasteiger partial charge < -0.3 is 4.74 Å². The van der Waals surface area contributed by atoms with Crippen LogP contribution in [0, 0.1) is 10.7 Å². The van der Waals surface area contributed by atoms with Crippen LogP contribution in [0.3, 0.4) is 0 Å². The van der Waals surface area contributed by atoms with Gasteiger partial charge in [-0.2, -0.15) is 5.26 Å². The molecule has 2 aromatic rings. The zero-order valence-corrected chi connectivity index (χ0v) is 13.4. The van der Waals surface area contributed by atoms with Gasteiger partial charge in [-0.1, -0.05) is 23.9 Å². The number of para-hydroxylation sites is 1. The highest BCUT2D eigenvalue weighted by molar-refractivity contribution is 8.04. The van der Waals surface area contributed by atoms with Crippen LogP contribution >= 0.6 is 23.5 Å². The van der Waals surface area contributed by atoms with Crippen LogP contribution in [-0.2, 0) is 4.79 Å². The fourth-order valence-electron chi connectivity index (χ4n) is 2.29. The number of methoxy groups -OCH3 is 1. The molecule has 0 fully saturated rings. The molecule has 0 unspecified atom stereocenters. The van der Waals surface area contributed by atoms with Crippen LogP contribution < -0.4 is 9.64 Å². The monoisotopic (exact) mass is 328 g/mol. The van der Waals surface area contributed by atoms with E-state index in [2.05, 4.69) is 0 Å². The Kier molecular flexibility index (Phi) is 4.27. The quantitative estimate of drug-likeness (QED) is 0.796. The second kappa shape index (κ2) is 6.34. The first-order valence-electron chi connectivity index (χ1n) is 6.53. The normalized spacial score (nSPS) is 12.1. The Morgan fingerprint density at radius 3 is 2.82 bits per heavy atom. The molecule has 0 radical (unpaired) electrons. The van der Waals surface area contributed by atoms with Gasteiger partial charge in [0.15, 0.2) is 0 Å². The summed E-state index contributed by atoms with van der Waals surface area (Å²) in [5.74, 6) is 0.699. The largest absolute Gasteiger partial charge is 0.497 e. The molecule has 2 aromatic carbocycles. The van der Waals surface area contributed by atoms with Gasteiger partial charge in [0, 0.05) is 15.9 Å². The first-order chi connectivity index (χ1) is 10.7. The maximum atomic E-state index is 12.6. The molecular formula is C16H12N2O2S2. The third-order valence-corrected chi connectivity index (χ3v) is 4.89. The number of hydrogen-bond donors (Lipinski definition) is 0. The Morgan fingerprint density at radius 1 is 1.27 bits per heavy atom. The van der Waals surface area contributed by atoms with Crippen LogP contribution in [0.25, 0.3) is 0 Å². The molecule has 1 amide bonds. The van der Waals surface area contributed by atoms with Crippen LogP contribution in [0.2, 0.25) is 0 Å². The molecule has 0 aromatic heterocycles.